The van der Waals surface area contributed by atoms with E-state index in [-0.39, 0.29) is 138 Å². The number of nitrogens with two attached hydrogens (primary N) is 2. The van der Waals surface area contributed by atoms with Crippen molar-refractivity contribution >= 4 is 29.4 Å². The van der Waals surface area contributed by atoms with Gasteiger partial charge in [-0.15, -0.1) is 13.8 Å². The smallest absolute Gasteiger partial charge is 0.110 e. The summed E-state index contributed by atoms with van der Waals surface area (Å²) in [5.41, 5.74) is 12.7. The van der Waals surface area contributed by atoms with Crippen LogP contribution in [0.2, 0.25) is 0 Å². The van der Waals surface area contributed by atoms with Crippen molar-refractivity contribution in [2.45, 2.75) is 62.8 Å². The summed E-state index contributed by atoms with van der Waals surface area (Å²) in [7, 11) is 0. The van der Waals surface area contributed by atoms with Crippen LogP contribution in [-0.2, 0) is 131 Å². The van der Waals surface area contributed by atoms with Gasteiger partial charge in [-0.25, -0.2) is 63.4 Å². The minimum absolute atomic E-state index is 0. The van der Waals surface area contributed by atoms with Crippen LogP contribution in [0.25, 0.3) is 23.4 Å². The zero-order valence-corrected chi connectivity index (χ0v) is 36.3. The van der Waals surface area contributed by atoms with Gasteiger partial charge in [-0.05, 0) is 0 Å². The first-order valence-corrected chi connectivity index (χ1v) is 11.0. The zero-order valence-electron chi connectivity index (χ0n) is 25.0. The molecule has 4 aromatic heterocycles. The van der Waals surface area contributed by atoms with Gasteiger partial charge in [-0.2, -0.15) is 10.9 Å². The van der Waals surface area contributed by atoms with Crippen LogP contribution in [0.15, 0.2) is 6.33 Å². The predicted molar refractivity (Wildman–Crippen MR) is 147 cm³/mol. The van der Waals surface area contributed by atoms with Gasteiger partial charge in [-0.1, -0.05) is 21.3 Å². The van der Waals surface area contributed by atoms with E-state index in [4.69, 9.17) is 11.5 Å². The Morgan fingerprint density at radius 2 is 1.28 bits per heavy atom. The summed E-state index contributed by atoms with van der Waals surface area (Å²) >= 11 is 0. The van der Waals surface area contributed by atoms with Crippen LogP contribution in [0, 0.1) is 63.5 Å². The van der Waals surface area contributed by atoms with Crippen LogP contribution in [0.3, 0.4) is 0 Å². The molecule has 4 heterocycles. The number of hydrogen-bond acceptors (Lipinski definition) is 10. The van der Waals surface area contributed by atoms with Crippen molar-refractivity contribution in [2.24, 2.45) is 5.73 Å². The van der Waals surface area contributed by atoms with E-state index in [1.807, 2.05) is 34.6 Å². The molecule has 4 radical (unpaired) electrons. The van der Waals surface area contributed by atoms with Gasteiger partial charge >= 0.3 is 0 Å². The Labute approximate surface area is 356 Å². The first kappa shape index (κ1) is 52.1. The Balaban J connectivity index is -0.000000144. The predicted octanol–water partition coefficient (Wildman–Crippen LogP) is 2.38. The molecule has 0 saturated carbocycles. The number of nitrogens with zero attached hydrogens (tertiary/aromatic N) is 12. The van der Waals surface area contributed by atoms with Gasteiger partial charge in [-0.3, -0.25) is 17.6 Å². The van der Waals surface area contributed by atoms with Crippen LogP contribution in [0.5, 0.6) is 0 Å². The largest absolute Gasteiger partial charge is 0.554 e. The van der Waals surface area contributed by atoms with Gasteiger partial charge in [0.25, 0.3) is 0 Å². The quantitative estimate of drug-likeness (QED) is 0.290. The topological polar surface area (TPSA) is 175 Å². The van der Waals surface area contributed by atoms with Crippen molar-refractivity contribution in [3.8, 4) is 0 Å². The summed E-state index contributed by atoms with van der Waals surface area (Å²) in [5.74, 6) is 2.35. The van der Waals surface area contributed by atoms with Gasteiger partial charge < -0.3 is 54.0 Å². The molecule has 0 spiro atoms. The average Bonchev–Trinajstić information content (AvgIpc) is 3.74. The van der Waals surface area contributed by atoms with Crippen LogP contribution >= 0.6 is 0 Å². The van der Waals surface area contributed by atoms with Crippen LogP contribution < -0.4 is 11.5 Å². The van der Waals surface area contributed by atoms with Crippen molar-refractivity contribution < 1.29 is 131 Å². The fourth-order valence-electron chi connectivity index (χ4n) is 2.14. The second kappa shape index (κ2) is 30.2. The number of rotatable bonds is 4. The van der Waals surface area contributed by atoms with Crippen molar-refractivity contribution in [1.29, 1.82) is 0 Å². The standard InChI is InChI=1S/2C6H8N4.2C6H7N3.CH4.4Y/c1-3-6(7)10-4-8-9-5(10)2;1-3-5(2)10-4-8-9-6(10)7;1-3-6(2)9-4-7-8-5-9;1-3-4-9-5-7-8-6(9)2;;;;;/h7H2,1-2H3;1-2H3,(H2,7,9);2*4H,1-2H3;1H4;;;;/q4*-2;;;;;. The van der Waals surface area contributed by atoms with E-state index in [1.54, 1.807) is 51.6 Å². The van der Waals surface area contributed by atoms with Crippen LogP contribution in [0.4, 0.5) is 5.95 Å². The van der Waals surface area contributed by atoms with Crippen molar-refractivity contribution in [2.75, 3.05) is 5.73 Å². The molecule has 0 saturated heterocycles. The molecule has 18 heteroatoms. The minimum Gasteiger partial charge on any atom is -0.554 e. The normalized spacial score (nSPS) is 10.4. The summed E-state index contributed by atoms with van der Waals surface area (Å²) in [4.78, 5) is 0. The fraction of sp³-hybridized carbons (Fsp3) is 0.360. The second-order valence-corrected chi connectivity index (χ2v) is 6.92. The molecule has 4 rings (SSSR count). The molecule has 14 nitrogen and oxygen atoms in total. The fourth-order valence-corrected chi connectivity index (χ4v) is 2.14. The molecule has 224 valence electrons. The van der Waals surface area contributed by atoms with Crippen molar-refractivity contribution in [1.82, 2.24) is 59.1 Å². The Hall–Kier alpha value is -0.464. The summed E-state index contributed by atoms with van der Waals surface area (Å²) in [6.07, 6.45) is 25.2. The molecular formula is C25H34N14Y4-8. The number of nitrogen functional groups attached to an aromatic ring is 1. The number of anilines is 1. The summed E-state index contributed by atoms with van der Waals surface area (Å²) < 4.78 is 6.44. The minimum atomic E-state index is 0. The monoisotopic (exact) mass is 886 g/mol. The number of aromatic nitrogens is 12. The summed E-state index contributed by atoms with van der Waals surface area (Å²) in [6.45, 7) is 14.6. The molecule has 0 unspecified atom stereocenters. The Kier molecular flexibility index (Phi) is 36.6. The Bertz CT molecular complexity index is 1280. The van der Waals surface area contributed by atoms with Crippen LogP contribution in [-0.4, -0.2) is 59.1 Å². The van der Waals surface area contributed by atoms with E-state index in [2.05, 4.69) is 90.4 Å². The molecule has 0 fully saturated rings. The molecule has 43 heavy (non-hydrogen) atoms. The molecule has 0 bridgehead atoms. The van der Waals surface area contributed by atoms with Crippen molar-refractivity contribution in [3.63, 3.8) is 0 Å². The number of hydrogen-bond donors (Lipinski definition) is 2. The average molecular weight is 886 g/mol. The van der Waals surface area contributed by atoms with E-state index in [1.165, 1.54) is 0 Å². The summed E-state index contributed by atoms with van der Waals surface area (Å²) in [5, 5.41) is 28.7. The first-order valence-electron chi connectivity index (χ1n) is 11.0. The molecule has 0 aliphatic rings. The molecule has 0 aliphatic carbocycles. The molecule has 0 atom stereocenters. The molecule has 0 aromatic carbocycles. The van der Waals surface area contributed by atoms with E-state index in [0.717, 1.165) is 17.2 Å². The molecule has 4 N–H and O–H groups in total. The third-order valence-corrected chi connectivity index (χ3v) is 4.44. The first-order chi connectivity index (χ1) is 18.2. The maximum absolute atomic E-state index is 5.50. The SMILES string of the molecule is C.C[C-]=C(C)n1[c-]nnc1.C[C-]=C(C)n1[c-]nnc1N.C[C-]=C(N)n1[c-]nnc1C.C[C-]=Cn1[c-]nnc1C.[Y].[Y].[Y].[Y]. The third kappa shape index (κ3) is 19.6. The van der Waals surface area contributed by atoms with Gasteiger partial charge in [0.15, 0.2) is 0 Å². The number of aryl methyl sites for hydroxylation is 2. The molecular weight excluding hydrogens is 852 g/mol. The van der Waals surface area contributed by atoms with E-state index >= 15 is 0 Å². The van der Waals surface area contributed by atoms with E-state index < -0.39 is 0 Å². The molecule has 4 aromatic rings. The Morgan fingerprint density at radius 3 is 1.65 bits per heavy atom. The number of allylic oxidation sites excluding steroid dienone is 6. The van der Waals surface area contributed by atoms with E-state index in [9.17, 15) is 0 Å². The van der Waals surface area contributed by atoms with Crippen molar-refractivity contribution in [3.05, 3.63) is 67.6 Å². The van der Waals surface area contributed by atoms with E-state index in [0.29, 0.717) is 17.6 Å². The van der Waals surface area contributed by atoms with Gasteiger partial charge in [0, 0.05) is 174 Å². The maximum atomic E-state index is 5.50. The Morgan fingerprint density at radius 1 is 0.744 bits per heavy atom. The van der Waals surface area contributed by atoms with Crippen LogP contribution in [0.1, 0.15) is 60.6 Å². The zero-order chi connectivity index (χ0) is 28.5. The van der Waals surface area contributed by atoms with Gasteiger partial charge in [0.05, 0.1) is 0 Å². The maximum Gasteiger partial charge on any atom is 0.110 e. The third-order valence-electron chi connectivity index (χ3n) is 4.44. The molecule has 0 aliphatic heterocycles. The second-order valence-electron chi connectivity index (χ2n) is 6.92. The van der Waals surface area contributed by atoms with Gasteiger partial charge in [0.1, 0.15) is 5.95 Å². The summed E-state index contributed by atoms with van der Waals surface area (Å²) in [6, 6.07) is 0. The molecule has 0 amide bonds. The van der Waals surface area contributed by atoms with Gasteiger partial charge in [0.2, 0.25) is 0 Å².